The van der Waals surface area contributed by atoms with Gasteiger partial charge in [-0.25, -0.2) is 0 Å². The van der Waals surface area contributed by atoms with Crippen molar-refractivity contribution in [2.24, 2.45) is 5.73 Å². The Morgan fingerprint density at radius 1 is 1.64 bits per heavy atom. The van der Waals surface area contributed by atoms with Crippen molar-refractivity contribution >= 4 is 10.1 Å². The molecule has 5 nitrogen and oxygen atoms in total. The van der Waals surface area contributed by atoms with E-state index in [0.717, 1.165) is 0 Å². The molecule has 0 saturated carbocycles. The average Bonchev–Trinajstić information content (AvgIpc) is 1.79. The molecule has 0 amide bonds. The number of rotatable bonds is 4. The van der Waals surface area contributed by atoms with Crippen molar-refractivity contribution < 1.29 is 13.0 Å². The molecule has 0 heterocycles. The second-order valence-corrected chi connectivity index (χ2v) is 3.97. The smallest absolute Gasteiger partial charge is 0.281 e. The van der Waals surface area contributed by atoms with Crippen LogP contribution < -0.4 is 11.1 Å². The van der Waals surface area contributed by atoms with Gasteiger partial charge in [-0.1, -0.05) is 6.92 Å². The van der Waals surface area contributed by atoms with E-state index in [0.29, 0.717) is 6.42 Å². The minimum atomic E-state index is -4.00. The standard InChI is InChI=1S/C5H14N2O3S/c1-3-5(7-4(2)6)11(8,9)10/h4-5,7H,3,6H2,1-2H3,(H,8,9,10). The Bertz CT molecular complexity index is 200. The highest BCUT2D eigenvalue weighted by Crippen LogP contribution is 1.99. The van der Waals surface area contributed by atoms with E-state index in [-0.39, 0.29) is 0 Å². The normalized spacial score (nSPS) is 17.8. The summed E-state index contributed by atoms with van der Waals surface area (Å²) in [6, 6.07) is 0. The highest BCUT2D eigenvalue weighted by atomic mass is 32.2. The van der Waals surface area contributed by atoms with E-state index in [9.17, 15) is 8.42 Å². The number of nitrogens with two attached hydrogens (primary N) is 1. The maximum Gasteiger partial charge on any atom is 0.281 e. The molecule has 2 unspecified atom stereocenters. The largest absolute Gasteiger partial charge is 0.316 e. The van der Waals surface area contributed by atoms with Crippen LogP contribution in [-0.2, 0) is 10.1 Å². The Balaban J connectivity index is 4.20. The zero-order valence-electron chi connectivity index (χ0n) is 6.61. The van der Waals surface area contributed by atoms with Crippen LogP contribution in [-0.4, -0.2) is 24.5 Å². The van der Waals surface area contributed by atoms with E-state index in [1.54, 1.807) is 13.8 Å². The summed E-state index contributed by atoms with van der Waals surface area (Å²) in [6.45, 7) is 3.25. The SMILES string of the molecule is CCC(NC(C)N)S(=O)(=O)O. The van der Waals surface area contributed by atoms with E-state index in [4.69, 9.17) is 10.3 Å². The van der Waals surface area contributed by atoms with Crippen LogP contribution in [0.5, 0.6) is 0 Å². The Morgan fingerprint density at radius 2 is 2.09 bits per heavy atom. The molecule has 68 valence electrons. The summed E-state index contributed by atoms with van der Waals surface area (Å²) in [5, 5.41) is 1.55. The van der Waals surface area contributed by atoms with Gasteiger partial charge in [0.2, 0.25) is 0 Å². The summed E-state index contributed by atoms with van der Waals surface area (Å²) < 4.78 is 29.7. The lowest BCUT2D eigenvalue weighted by Crippen LogP contribution is -2.45. The topological polar surface area (TPSA) is 92.4 Å². The summed E-state index contributed by atoms with van der Waals surface area (Å²) in [6.07, 6.45) is -0.151. The fourth-order valence-corrected chi connectivity index (χ4v) is 1.52. The first-order valence-electron chi connectivity index (χ1n) is 3.35. The van der Waals surface area contributed by atoms with Gasteiger partial charge in [0.15, 0.2) is 0 Å². The van der Waals surface area contributed by atoms with Gasteiger partial charge >= 0.3 is 0 Å². The highest BCUT2D eigenvalue weighted by Gasteiger charge is 2.20. The van der Waals surface area contributed by atoms with Crippen molar-refractivity contribution in [2.75, 3.05) is 0 Å². The van der Waals surface area contributed by atoms with Crippen LogP contribution in [0.2, 0.25) is 0 Å². The molecule has 2 atom stereocenters. The minimum Gasteiger partial charge on any atom is -0.316 e. The van der Waals surface area contributed by atoms with Gasteiger partial charge in [-0.2, -0.15) is 8.42 Å². The third-order valence-corrected chi connectivity index (χ3v) is 2.37. The lowest BCUT2D eigenvalue weighted by molar-refractivity contribution is 0.428. The van der Waals surface area contributed by atoms with Gasteiger partial charge < -0.3 is 5.73 Å². The Kier molecular flexibility index (Phi) is 3.95. The fraction of sp³-hybridized carbons (Fsp3) is 1.00. The molecule has 0 aromatic carbocycles. The van der Waals surface area contributed by atoms with Gasteiger partial charge in [-0.15, -0.1) is 0 Å². The molecule has 0 aromatic heterocycles. The van der Waals surface area contributed by atoms with Crippen molar-refractivity contribution in [1.29, 1.82) is 0 Å². The second kappa shape index (κ2) is 4.01. The third-order valence-electron chi connectivity index (χ3n) is 1.18. The molecule has 0 radical (unpaired) electrons. The summed E-state index contributed by atoms with van der Waals surface area (Å²) in [7, 11) is -4.00. The zero-order chi connectivity index (χ0) is 9.07. The van der Waals surface area contributed by atoms with Crippen molar-refractivity contribution in [3.8, 4) is 0 Å². The molecule has 6 heteroatoms. The summed E-state index contributed by atoms with van der Waals surface area (Å²) >= 11 is 0. The van der Waals surface area contributed by atoms with Crippen LogP contribution in [0.1, 0.15) is 20.3 Å². The Labute approximate surface area is 66.7 Å². The molecule has 0 rings (SSSR count). The lowest BCUT2D eigenvalue weighted by atomic mass is 10.4. The molecule has 0 bridgehead atoms. The molecule has 4 N–H and O–H groups in total. The van der Waals surface area contributed by atoms with Crippen molar-refractivity contribution in [3.63, 3.8) is 0 Å². The molecule has 0 aromatic rings. The van der Waals surface area contributed by atoms with Gasteiger partial charge in [0, 0.05) is 0 Å². The molecule has 0 saturated heterocycles. The van der Waals surface area contributed by atoms with Crippen molar-refractivity contribution in [3.05, 3.63) is 0 Å². The Hall–Kier alpha value is -0.170. The molecule has 0 aliphatic heterocycles. The molecule has 0 aliphatic carbocycles. The predicted molar refractivity (Wildman–Crippen MR) is 42.4 cm³/mol. The minimum absolute atomic E-state index is 0.292. The predicted octanol–water partition coefficient (Wildman–Crippen LogP) is -0.495. The van der Waals surface area contributed by atoms with Gasteiger partial charge in [-0.3, -0.25) is 9.87 Å². The molecule has 0 aliphatic rings. The first-order chi connectivity index (χ1) is 4.88. The van der Waals surface area contributed by atoms with Crippen molar-refractivity contribution in [1.82, 2.24) is 5.32 Å². The van der Waals surface area contributed by atoms with Crippen LogP contribution in [0.3, 0.4) is 0 Å². The zero-order valence-corrected chi connectivity index (χ0v) is 7.43. The van der Waals surface area contributed by atoms with Crippen molar-refractivity contribution in [2.45, 2.75) is 31.8 Å². The summed E-state index contributed by atoms with van der Waals surface area (Å²) in [5.74, 6) is 0. The van der Waals surface area contributed by atoms with E-state index in [1.165, 1.54) is 0 Å². The van der Waals surface area contributed by atoms with Crippen LogP contribution in [0.4, 0.5) is 0 Å². The van der Waals surface area contributed by atoms with Gasteiger partial charge in [0.1, 0.15) is 5.37 Å². The van der Waals surface area contributed by atoms with E-state index < -0.39 is 21.7 Å². The molecular weight excluding hydrogens is 168 g/mol. The molecule has 11 heavy (non-hydrogen) atoms. The fourth-order valence-electron chi connectivity index (χ4n) is 0.708. The molecule has 0 spiro atoms. The quantitative estimate of drug-likeness (QED) is 0.403. The van der Waals surface area contributed by atoms with Crippen LogP contribution in [0.15, 0.2) is 0 Å². The Morgan fingerprint density at radius 3 is 2.18 bits per heavy atom. The first-order valence-corrected chi connectivity index (χ1v) is 4.86. The third kappa shape index (κ3) is 4.31. The second-order valence-electron chi connectivity index (χ2n) is 2.37. The number of hydrogen-bond acceptors (Lipinski definition) is 4. The van der Waals surface area contributed by atoms with Crippen LogP contribution in [0.25, 0.3) is 0 Å². The van der Waals surface area contributed by atoms with Gasteiger partial charge in [0.25, 0.3) is 10.1 Å². The van der Waals surface area contributed by atoms with E-state index >= 15 is 0 Å². The summed E-state index contributed by atoms with van der Waals surface area (Å²) in [5.41, 5.74) is 5.28. The lowest BCUT2D eigenvalue weighted by Gasteiger charge is -2.15. The van der Waals surface area contributed by atoms with Crippen LogP contribution >= 0.6 is 0 Å². The first kappa shape index (κ1) is 10.8. The number of nitrogens with one attached hydrogen (secondary N) is 1. The summed E-state index contributed by atoms with van der Waals surface area (Å²) in [4.78, 5) is 0. The van der Waals surface area contributed by atoms with Gasteiger partial charge in [-0.05, 0) is 13.3 Å². The maximum absolute atomic E-state index is 10.5. The van der Waals surface area contributed by atoms with Gasteiger partial charge in [0.05, 0.1) is 6.17 Å². The maximum atomic E-state index is 10.5. The average molecular weight is 182 g/mol. The highest BCUT2D eigenvalue weighted by molar-refractivity contribution is 7.86. The van der Waals surface area contributed by atoms with E-state index in [2.05, 4.69) is 5.32 Å². The molecular formula is C5H14N2O3S. The monoisotopic (exact) mass is 182 g/mol. The molecule has 0 fully saturated rings. The number of hydrogen-bond donors (Lipinski definition) is 3. The van der Waals surface area contributed by atoms with E-state index in [1.807, 2.05) is 0 Å². The van der Waals surface area contributed by atoms with Crippen LogP contribution in [0, 0.1) is 0 Å².